The summed E-state index contributed by atoms with van der Waals surface area (Å²) in [6, 6.07) is 8.95. The molecule has 1 saturated carbocycles. The molecular formula is C24H31N5O3. The normalized spacial score (nSPS) is 23.4. The van der Waals surface area contributed by atoms with Crippen LogP contribution in [0.2, 0.25) is 0 Å². The molecule has 1 aliphatic carbocycles. The van der Waals surface area contributed by atoms with Crippen molar-refractivity contribution in [3.8, 4) is 6.07 Å². The summed E-state index contributed by atoms with van der Waals surface area (Å²) >= 11 is 0. The molecule has 0 spiro atoms. The summed E-state index contributed by atoms with van der Waals surface area (Å²) in [6.45, 7) is 1.44. The van der Waals surface area contributed by atoms with Crippen LogP contribution in [0.1, 0.15) is 44.9 Å². The van der Waals surface area contributed by atoms with Crippen LogP contribution >= 0.6 is 0 Å². The average Bonchev–Trinajstić information content (AvgIpc) is 2.78. The van der Waals surface area contributed by atoms with Crippen LogP contribution < -0.4 is 16.4 Å². The summed E-state index contributed by atoms with van der Waals surface area (Å²) in [4.78, 5) is 31.5. The number of hydrogen-bond donors (Lipinski definition) is 2. The van der Waals surface area contributed by atoms with Crippen molar-refractivity contribution in [3.63, 3.8) is 0 Å². The Labute approximate surface area is 188 Å². The molecule has 0 radical (unpaired) electrons. The Bertz CT molecular complexity index is 1040. The third kappa shape index (κ3) is 5.46. The summed E-state index contributed by atoms with van der Waals surface area (Å²) in [7, 11) is 1.97. The number of nitriles is 1. The quantitative estimate of drug-likeness (QED) is 0.715. The van der Waals surface area contributed by atoms with Crippen LogP contribution in [0.3, 0.4) is 0 Å². The van der Waals surface area contributed by atoms with Crippen LogP contribution in [0.25, 0.3) is 11.0 Å². The number of para-hydroxylation sites is 1. The lowest BCUT2D eigenvalue weighted by atomic mass is 9.84. The monoisotopic (exact) mass is 437 g/mol. The maximum atomic E-state index is 13.4. The zero-order valence-electron chi connectivity index (χ0n) is 18.5. The van der Waals surface area contributed by atoms with E-state index in [4.69, 9.17) is 4.42 Å². The fourth-order valence-corrected chi connectivity index (χ4v) is 5.10. The minimum Gasteiger partial charge on any atom is -0.408 e. The highest BCUT2D eigenvalue weighted by molar-refractivity contribution is 5.91. The predicted octanol–water partition coefficient (Wildman–Crippen LogP) is 2.90. The molecular weight excluding hydrogens is 406 g/mol. The number of amides is 1. The summed E-state index contributed by atoms with van der Waals surface area (Å²) in [5.74, 6) is -0.0450. The van der Waals surface area contributed by atoms with Gasteiger partial charge in [-0.1, -0.05) is 44.2 Å². The van der Waals surface area contributed by atoms with Crippen LogP contribution in [-0.2, 0) is 4.79 Å². The van der Waals surface area contributed by atoms with Gasteiger partial charge in [-0.05, 0) is 37.9 Å². The topological polar surface area (TPSA) is 111 Å². The summed E-state index contributed by atoms with van der Waals surface area (Å²) in [5.41, 5.74) is 0.442. The van der Waals surface area contributed by atoms with Crippen molar-refractivity contribution in [1.82, 2.24) is 15.2 Å². The molecule has 1 aliphatic heterocycles. The van der Waals surface area contributed by atoms with Crippen molar-refractivity contribution >= 4 is 22.7 Å². The van der Waals surface area contributed by atoms with Crippen molar-refractivity contribution in [2.75, 3.05) is 25.5 Å². The van der Waals surface area contributed by atoms with E-state index in [1.807, 2.05) is 19.2 Å². The van der Waals surface area contributed by atoms with E-state index in [1.54, 1.807) is 12.1 Å². The largest absolute Gasteiger partial charge is 0.441 e. The number of anilines is 1. The molecule has 2 unspecified atom stereocenters. The van der Waals surface area contributed by atoms with Gasteiger partial charge in [-0.25, -0.2) is 4.79 Å². The number of rotatable bonds is 6. The summed E-state index contributed by atoms with van der Waals surface area (Å²) < 4.78 is 5.21. The van der Waals surface area contributed by atoms with Crippen molar-refractivity contribution in [2.45, 2.75) is 57.0 Å². The molecule has 32 heavy (non-hydrogen) atoms. The first-order valence-corrected chi connectivity index (χ1v) is 11.6. The molecule has 1 aromatic carbocycles. The molecule has 8 heteroatoms. The van der Waals surface area contributed by atoms with Crippen LogP contribution in [0.15, 0.2) is 33.5 Å². The Kier molecular flexibility index (Phi) is 7.05. The first kappa shape index (κ1) is 22.3. The molecule has 3 atom stereocenters. The van der Waals surface area contributed by atoms with Crippen LogP contribution in [0.4, 0.5) is 5.82 Å². The molecule has 8 nitrogen and oxygen atoms in total. The number of hydrogen-bond acceptors (Lipinski definition) is 7. The molecule has 2 aromatic rings. The number of carbonyl (C=O) groups excluding carboxylic acids is 1. The maximum absolute atomic E-state index is 13.4. The molecule has 2 fully saturated rings. The molecule has 2 N–H and O–H groups in total. The highest BCUT2D eigenvalue weighted by Crippen LogP contribution is 2.29. The second-order valence-corrected chi connectivity index (χ2v) is 9.25. The van der Waals surface area contributed by atoms with Crippen LogP contribution in [0.5, 0.6) is 0 Å². The third-order valence-corrected chi connectivity index (χ3v) is 6.63. The molecule has 4 rings (SSSR count). The number of benzene rings is 1. The van der Waals surface area contributed by atoms with E-state index in [0.717, 1.165) is 25.9 Å². The van der Waals surface area contributed by atoms with Gasteiger partial charge < -0.3 is 20.0 Å². The SMILES string of the molecule is CN1CC(C#N)CC(NC(=O)[C@H](CC2CCCCC2)Nc2nc(=O)oc3ccccc23)C1. The lowest BCUT2D eigenvalue weighted by Gasteiger charge is -2.34. The molecule has 1 aromatic heterocycles. The number of fused-ring (bicyclic) bond motifs is 1. The van der Waals surface area contributed by atoms with Gasteiger partial charge in [0.2, 0.25) is 5.91 Å². The van der Waals surface area contributed by atoms with E-state index in [9.17, 15) is 14.9 Å². The number of nitrogens with zero attached hydrogens (tertiary/aromatic N) is 3. The average molecular weight is 438 g/mol. The smallest absolute Gasteiger partial charge is 0.408 e. The first-order valence-electron chi connectivity index (χ1n) is 11.6. The number of nitrogens with one attached hydrogen (secondary N) is 2. The first-order chi connectivity index (χ1) is 15.5. The van der Waals surface area contributed by atoms with Gasteiger partial charge in [0.15, 0.2) is 0 Å². The van der Waals surface area contributed by atoms with Crippen molar-refractivity contribution in [2.24, 2.45) is 11.8 Å². The summed E-state index contributed by atoms with van der Waals surface area (Å²) in [5, 5.41) is 16.5. The molecule has 170 valence electrons. The van der Waals surface area contributed by atoms with E-state index >= 15 is 0 Å². The molecule has 2 aliphatic rings. The number of likely N-dealkylation sites (tertiary alicyclic amines) is 1. The fourth-order valence-electron chi connectivity index (χ4n) is 5.10. The van der Waals surface area contributed by atoms with Crippen molar-refractivity contribution < 1.29 is 9.21 Å². The van der Waals surface area contributed by atoms with Gasteiger partial charge in [-0.15, -0.1) is 0 Å². The molecule has 1 amide bonds. The number of piperidine rings is 1. The number of aromatic nitrogens is 1. The molecule has 0 bridgehead atoms. The van der Waals surface area contributed by atoms with E-state index in [1.165, 1.54) is 19.3 Å². The highest BCUT2D eigenvalue weighted by Gasteiger charge is 2.30. The van der Waals surface area contributed by atoms with Gasteiger partial charge in [0.25, 0.3) is 0 Å². The molecule has 2 heterocycles. The lowest BCUT2D eigenvalue weighted by Crippen LogP contribution is -2.53. The van der Waals surface area contributed by atoms with Gasteiger partial charge >= 0.3 is 5.76 Å². The highest BCUT2D eigenvalue weighted by atomic mass is 16.4. The van der Waals surface area contributed by atoms with Gasteiger partial charge in [0.05, 0.1) is 17.4 Å². The minimum atomic E-state index is -0.686. The Hall–Kier alpha value is -2.92. The minimum absolute atomic E-state index is 0.0768. The number of carbonyl (C=O) groups is 1. The van der Waals surface area contributed by atoms with E-state index in [-0.39, 0.29) is 17.9 Å². The van der Waals surface area contributed by atoms with Gasteiger partial charge in [-0.2, -0.15) is 10.2 Å². The zero-order valence-corrected chi connectivity index (χ0v) is 18.5. The lowest BCUT2D eigenvalue weighted by molar-refractivity contribution is -0.123. The Morgan fingerprint density at radius 2 is 2.06 bits per heavy atom. The van der Waals surface area contributed by atoms with Crippen LogP contribution in [-0.4, -0.2) is 48.0 Å². The van der Waals surface area contributed by atoms with Crippen molar-refractivity contribution in [1.29, 1.82) is 5.26 Å². The van der Waals surface area contributed by atoms with E-state index < -0.39 is 11.8 Å². The second kappa shape index (κ2) is 10.1. The second-order valence-electron chi connectivity index (χ2n) is 9.25. The number of likely N-dealkylation sites (N-methyl/N-ethyl adjacent to an activating group) is 1. The van der Waals surface area contributed by atoms with E-state index in [0.29, 0.717) is 35.5 Å². The maximum Gasteiger partial charge on any atom is 0.441 e. The Morgan fingerprint density at radius 1 is 1.28 bits per heavy atom. The Morgan fingerprint density at radius 3 is 2.84 bits per heavy atom. The van der Waals surface area contributed by atoms with Gasteiger partial charge in [-0.3, -0.25) is 4.79 Å². The Balaban J connectivity index is 1.55. The summed E-state index contributed by atoms with van der Waals surface area (Å²) in [6.07, 6.45) is 7.18. The van der Waals surface area contributed by atoms with Crippen LogP contribution in [0, 0.1) is 23.2 Å². The standard InChI is InChI=1S/C24H31N5O3/c1-29-14-17(13-25)11-18(15-29)26-23(30)20(12-16-7-3-2-4-8-16)27-22-19-9-5-6-10-21(19)32-24(31)28-22/h5-6,9-10,16-18,20H,2-4,7-8,11-12,14-15H2,1H3,(H,26,30)(H,27,28,31)/t17?,18?,20-/m0/s1. The third-order valence-electron chi connectivity index (χ3n) is 6.63. The van der Waals surface area contributed by atoms with Crippen molar-refractivity contribution in [3.05, 3.63) is 34.8 Å². The predicted molar refractivity (Wildman–Crippen MR) is 122 cm³/mol. The van der Waals surface area contributed by atoms with Gasteiger partial charge in [0, 0.05) is 19.1 Å². The van der Waals surface area contributed by atoms with Gasteiger partial charge in [0.1, 0.15) is 17.4 Å². The zero-order chi connectivity index (χ0) is 22.5. The van der Waals surface area contributed by atoms with E-state index in [2.05, 4.69) is 26.6 Å². The fraction of sp³-hybridized carbons (Fsp3) is 0.583. The molecule has 1 saturated heterocycles.